The lowest BCUT2D eigenvalue weighted by Gasteiger charge is -2.13. The Morgan fingerprint density at radius 2 is 1.76 bits per heavy atom. The van der Waals surface area contributed by atoms with E-state index in [0.29, 0.717) is 11.4 Å². The zero-order valence-electron chi connectivity index (χ0n) is 14.5. The van der Waals surface area contributed by atoms with Gasteiger partial charge in [0, 0.05) is 7.05 Å². The highest BCUT2D eigenvalue weighted by Gasteiger charge is 2.24. The number of thioether (sulfide) groups is 1. The molecule has 2 aromatic rings. The number of nitrogens with zero attached hydrogens (tertiary/aromatic N) is 2. The van der Waals surface area contributed by atoms with Gasteiger partial charge in [-0.2, -0.15) is 0 Å². The van der Waals surface area contributed by atoms with E-state index < -0.39 is 22.4 Å². The molecule has 8 heteroatoms. The average molecular weight is 363 g/mol. The van der Waals surface area contributed by atoms with Crippen molar-refractivity contribution in [3.05, 3.63) is 46.4 Å². The molecule has 1 heterocycles. The maximum atomic E-state index is 12.7. The van der Waals surface area contributed by atoms with Gasteiger partial charge in [0.1, 0.15) is 10.9 Å². The van der Waals surface area contributed by atoms with Crippen LogP contribution in [0, 0.1) is 6.92 Å². The van der Waals surface area contributed by atoms with E-state index in [1.165, 1.54) is 11.6 Å². The minimum atomic E-state index is -0.980. The number of hydrogen-bond acceptors (Lipinski definition) is 4. The molecule has 1 aromatic heterocycles. The normalized spacial score (nSPS) is 13.3. The fraction of sp³-hybridized carbons (Fsp3) is 0.353. The molecule has 7 nitrogen and oxygen atoms in total. The molecule has 0 bridgehead atoms. The Morgan fingerprint density at radius 1 is 1.16 bits per heavy atom. The minimum Gasteiger partial charge on any atom is -0.480 e. The molecule has 0 spiro atoms. The highest BCUT2D eigenvalue weighted by molar-refractivity contribution is 8.01. The molecule has 2 rings (SSSR count). The van der Waals surface area contributed by atoms with Gasteiger partial charge in [-0.25, -0.2) is 4.68 Å². The summed E-state index contributed by atoms with van der Waals surface area (Å²) in [7, 11) is 1.74. The molecule has 0 unspecified atom stereocenters. The Labute approximate surface area is 149 Å². The van der Waals surface area contributed by atoms with Crippen molar-refractivity contribution in [2.75, 3.05) is 5.32 Å². The number of benzene rings is 1. The van der Waals surface area contributed by atoms with E-state index in [-0.39, 0.29) is 11.2 Å². The smallest absolute Gasteiger partial charge is 0.316 e. The molecule has 0 aliphatic rings. The lowest BCUT2D eigenvalue weighted by atomic mass is 10.3. The van der Waals surface area contributed by atoms with Crippen molar-refractivity contribution in [2.24, 2.45) is 7.05 Å². The molecule has 0 saturated heterocycles. The number of carboxylic acid groups (broad SMARTS) is 1. The Morgan fingerprint density at radius 3 is 2.32 bits per heavy atom. The second-order valence-corrected chi connectivity index (χ2v) is 7.37. The third-order valence-corrected chi connectivity index (χ3v) is 5.16. The van der Waals surface area contributed by atoms with Gasteiger partial charge in [0.2, 0.25) is 5.91 Å². The van der Waals surface area contributed by atoms with Crippen LogP contribution in [0.1, 0.15) is 19.5 Å². The first-order valence-electron chi connectivity index (χ1n) is 7.77. The van der Waals surface area contributed by atoms with E-state index in [1.807, 2.05) is 18.2 Å². The molecular formula is C17H21N3O4S. The largest absolute Gasteiger partial charge is 0.480 e. The number of carbonyl (C=O) groups excluding carboxylic acids is 1. The number of aromatic nitrogens is 2. The van der Waals surface area contributed by atoms with E-state index >= 15 is 0 Å². The molecule has 0 aliphatic carbocycles. The van der Waals surface area contributed by atoms with Gasteiger partial charge in [-0.3, -0.25) is 19.1 Å². The molecule has 2 N–H and O–H groups in total. The van der Waals surface area contributed by atoms with Crippen molar-refractivity contribution in [1.29, 1.82) is 0 Å². The SMILES string of the molecule is Cc1c(NC(=O)[C@H](C)S[C@H](C)C(=O)O)c(=O)n(-c2ccccc2)n1C. The van der Waals surface area contributed by atoms with Crippen LogP contribution in [-0.4, -0.2) is 36.8 Å². The lowest BCUT2D eigenvalue weighted by molar-refractivity contribution is -0.136. The molecule has 0 radical (unpaired) electrons. The number of rotatable bonds is 6. The Balaban J connectivity index is 2.28. The van der Waals surface area contributed by atoms with Gasteiger partial charge in [0.15, 0.2) is 0 Å². The van der Waals surface area contributed by atoms with Crippen LogP contribution in [-0.2, 0) is 16.6 Å². The summed E-state index contributed by atoms with van der Waals surface area (Å²) in [6.45, 7) is 4.88. The summed E-state index contributed by atoms with van der Waals surface area (Å²) in [6.07, 6.45) is 0. The highest BCUT2D eigenvalue weighted by Crippen LogP contribution is 2.20. The summed E-state index contributed by atoms with van der Waals surface area (Å²) in [4.78, 5) is 36.0. The number of carbonyl (C=O) groups is 2. The van der Waals surface area contributed by atoms with Crippen LogP contribution in [0.25, 0.3) is 5.69 Å². The minimum absolute atomic E-state index is 0.201. The number of anilines is 1. The monoisotopic (exact) mass is 363 g/mol. The van der Waals surface area contributed by atoms with Crippen molar-refractivity contribution in [1.82, 2.24) is 9.36 Å². The van der Waals surface area contributed by atoms with Gasteiger partial charge < -0.3 is 10.4 Å². The van der Waals surface area contributed by atoms with Crippen LogP contribution in [0.3, 0.4) is 0 Å². The van der Waals surface area contributed by atoms with E-state index in [0.717, 1.165) is 11.8 Å². The summed E-state index contributed by atoms with van der Waals surface area (Å²) in [5.41, 5.74) is 1.18. The summed E-state index contributed by atoms with van der Waals surface area (Å²) in [5.74, 6) is -1.38. The number of amides is 1. The number of para-hydroxylation sites is 1. The number of nitrogens with one attached hydrogen (secondary N) is 1. The number of aliphatic carboxylic acids is 1. The van der Waals surface area contributed by atoms with E-state index in [9.17, 15) is 14.4 Å². The zero-order chi connectivity index (χ0) is 18.7. The third-order valence-electron chi connectivity index (χ3n) is 3.93. The summed E-state index contributed by atoms with van der Waals surface area (Å²) < 4.78 is 3.15. The summed E-state index contributed by atoms with van der Waals surface area (Å²) in [5, 5.41) is 10.3. The molecule has 134 valence electrons. The van der Waals surface area contributed by atoms with Crippen LogP contribution in [0.15, 0.2) is 35.1 Å². The fourth-order valence-corrected chi connectivity index (χ4v) is 3.27. The lowest BCUT2D eigenvalue weighted by Crippen LogP contribution is -2.29. The Hall–Kier alpha value is -2.48. The van der Waals surface area contributed by atoms with Crippen molar-refractivity contribution in [3.63, 3.8) is 0 Å². The van der Waals surface area contributed by atoms with Gasteiger partial charge in [-0.1, -0.05) is 18.2 Å². The molecule has 1 amide bonds. The summed E-state index contributed by atoms with van der Waals surface area (Å²) in [6, 6.07) is 9.12. The van der Waals surface area contributed by atoms with Crippen LogP contribution in [0.4, 0.5) is 5.69 Å². The maximum Gasteiger partial charge on any atom is 0.316 e. The van der Waals surface area contributed by atoms with E-state index in [4.69, 9.17) is 5.11 Å². The van der Waals surface area contributed by atoms with E-state index in [2.05, 4.69) is 5.32 Å². The molecule has 25 heavy (non-hydrogen) atoms. The first kappa shape index (κ1) is 18.9. The first-order chi connectivity index (χ1) is 11.7. The predicted molar refractivity (Wildman–Crippen MR) is 98.5 cm³/mol. The van der Waals surface area contributed by atoms with Gasteiger partial charge in [-0.15, -0.1) is 11.8 Å². The zero-order valence-corrected chi connectivity index (χ0v) is 15.3. The van der Waals surface area contributed by atoms with Crippen LogP contribution < -0.4 is 10.9 Å². The maximum absolute atomic E-state index is 12.7. The quantitative estimate of drug-likeness (QED) is 0.819. The fourth-order valence-electron chi connectivity index (χ4n) is 2.36. The third kappa shape index (κ3) is 3.96. The van der Waals surface area contributed by atoms with Crippen molar-refractivity contribution in [3.8, 4) is 5.69 Å². The molecule has 0 fully saturated rings. The summed E-state index contributed by atoms with van der Waals surface area (Å²) >= 11 is 1.03. The molecular weight excluding hydrogens is 342 g/mol. The Bertz CT molecular complexity index is 842. The highest BCUT2D eigenvalue weighted by atomic mass is 32.2. The number of carboxylic acids is 1. The second kappa shape index (κ2) is 7.60. The van der Waals surface area contributed by atoms with Crippen LogP contribution >= 0.6 is 11.8 Å². The standard InChI is InChI=1S/C17H21N3O4S/c1-10-14(18-15(21)11(2)25-12(3)17(23)24)16(22)20(19(10)4)13-8-6-5-7-9-13/h5-9,11-12H,1-4H3,(H,18,21)(H,23,24)/t11-,12+/m0/s1. The van der Waals surface area contributed by atoms with Gasteiger partial charge in [-0.05, 0) is 32.9 Å². The van der Waals surface area contributed by atoms with E-state index in [1.54, 1.807) is 37.7 Å². The topological polar surface area (TPSA) is 93.3 Å². The van der Waals surface area contributed by atoms with Crippen molar-refractivity contribution < 1.29 is 14.7 Å². The van der Waals surface area contributed by atoms with Gasteiger partial charge >= 0.3 is 5.97 Å². The van der Waals surface area contributed by atoms with Gasteiger partial charge in [0.05, 0.1) is 16.6 Å². The predicted octanol–water partition coefficient (Wildman–Crippen LogP) is 2.02. The first-order valence-corrected chi connectivity index (χ1v) is 8.71. The molecule has 1 aromatic carbocycles. The van der Waals surface area contributed by atoms with Crippen molar-refractivity contribution in [2.45, 2.75) is 31.3 Å². The van der Waals surface area contributed by atoms with Crippen LogP contribution in [0.2, 0.25) is 0 Å². The second-order valence-electron chi connectivity index (χ2n) is 5.68. The Kier molecular flexibility index (Phi) is 5.73. The molecule has 0 aliphatic heterocycles. The molecule has 2 atom stereocenters. The average Bonchev–Trinajstić information content (AvgIpc) is 2.78. The van der Waals surface area contributed by atoms with Crippen molar-refractivity contribution >= 4 is 29.3 Å². The molecule has 0 saturated carbocycles. The van der Waals surface area contributed by atoms with Crippen LogP contribution in [0.5, 0.6) is 0 Å². The number of hydrogen-bond donors (Lipinski definition) is 2. The van der Waals surface area contributed by atoms with Gasteiger partial charge in [0.25, 0.3) is 5.56 Å².